The van der Waals surface area contributed by atoms with E-state index in [4.69, 9.17) is 49.1 Å². The van der Waals surface area contributed by atoms with Gasteiger partial charge in [0.25, 0.3) is 0 Å². The molecule has 1 heterocycles. The lowest BCUT2D eigenvalue weighted by Gasteiger charge is -2.12. The summed E-state index contributed by atoms with van der Waals surface area (Å²) in [5.74, 6) is 1.43. The SMILES string of the molecule is N#Cc1cc(Cl)cc(Oc2cc(OCC(=N)c3cccnc3N)ccc2Cl)c1. The fourth-order valence-electron chi connectivity index (χ4n) is 2.37. The first kappa shape index (κ1) is 19.5. The minimum atomic E-state index is -0.00723. The number of ether oxygens (including phenoxy) is 2. The third kappa shape index (κ3) is 4.71. The maximum Gasteiger partial charge on any atom is 0.149 e. The van der Waals surface area contributed by atoms with Gasteiger partial charge in [0, 0.05) is 22.8 Å². The second-order valence-electron chi connectivity index (χ2n) is 5.69. The van der Waals surface area contributed by atoms with E-state index < -0.39 is 0 Å². The summed E-state index contributed by atoms with van der Waals surface area (Å²) in [7, 11) is 0. The number of benzene rings is 2. The predicted octanol–water partition coefficient (Wildman–Crippen LogP) is 5.08. The smallest absolute Gasteiger partial charge is 0.149 e. The quantitative estimate of drug-likeness (QED) is 0.548. The Morgan fingerprint density at radius 1 is 1.14 bits per heavy atom. The highest BCUT2D eigenvalue weighted by Gasteiger charge is 2.10. The Morgan fingerprint density at radius 3 is 2.71 bits per heavy atom. The maximum atomic E-state index is 9.04. The number of hydrogen-bond donors (Lipinski definition) is 2. The van der Waals surface area contributed by atoms with E-state index in [0.29, 0.717) is 38.4 Å². The lowest BCUT2D eigenvalue weighted by Crippen LogP contribution is -2.14. The highest BCUT2D eigenvalue weighted by Crippen LogP contribution is 2.34. The number of anilines is 1. The van der Waals surface area contributed by atoms with Gasteiger partial charge >= 0.3 is 0 Å². The second kappa shape index (κ2) is 8.61. The topological polar surface area (TPSA) is 105 Å². The molecule has 8 heteroatoms. The standard InChI is InChI=1S/C20H14Cl2N4O2/c21-13-6-12(10-23)7-15(8-13)28-19-9-14(3-4-17(19)22)27-11-18(24)16-2-1-5-26-20(16)25/h1-9,24H,11H2,(H2,25,26). The van der Waals surface area contributed by atoms with E-state index in [1.54, 1.807) is 48.7 Å². The van der Waals surface area contributed by atoms with E-state index in [9.17, 15) is 0 Å². The van der Waals surface area contributed by atoms with Crippen molar-refractivity contribution in [1.29, 1.82) is 10.7 Å². The Balaban J connectivity index is 1.75. The van der Waals surface area contributed by atoms with Crippen molar-refractivity contribution in [3.05, 3.63) is 75.9 Å². The second-order valence-corrected chi connectivity index (χ2v) is 6.53. The molecule has 0 aliphatic carbocycles. The first-order valence-electron chi connectivity index (χ1n) is 8.05. The first-order valence-corrected chi connectivity index (χ1v) is 8.81. The van der Waals surface area contributed by atoms with Gasteiger partial charge in [-0.15, -0.1) is 0 Å². The Bertz CT molecular complexity index is 1080. The molecular formula is C20H14Cl2N4O2. The molecule has 0 unspecified atom stereocenters. The van der Waals surface area contributed by atoms with Crippen molar-refractivity contribution in [2.75, 3.05) is 12.3 Å². The number of rotatable bonds is 6. The summed E-state index contributed by atoms with van der Waals surface area (Å²) in [5.41, 5.74) is 6.85. The monoisotopic (exact) mass is 412 g/mol. The summed E-state index contributed by atoms with van der Waals surface area (Å²) in [6.45, 7) is -0.00723. The summed E-state index contributed by atoms with van der Waals surface area (Å²) in [6.07, 6.45) is 1.56. The molecule has 2 aromatic carbocycles. The van der Waals surface area contributed by atoms with Gasteiger partial charge in [-0.25, -0.2) is 4.98 Å². The summed E-state index contributed by atoms with van der Waals surface area (Å²) in [6, 6.07) is 14.9. The largest absolute Gasteiger partial charge is 0.487 e. The summed E-state index contributed by atoms with van der Waals surface area (Å²) < 4.78 is 11.4. The molecule has 28 heavy (non-hydrogen) atoms. The van der Waals surface area contributed by atoms with Crippen molar-refractivity contribution in [1.82, 2.24) is 4.98 Å². The number of hydrogen-bond acceptors (Lipinski definition) is 6. The number of nitrogen functional groups attached to an aromatic ring is 1. The number of halogens is 2. The average Bonchev–Trinajstić information content (AvgIpc) is 2.68. The van der Waals surface area contributed by atoms with Crippen LogP contribution in [0.4, 0.5) is 5.82 Å². The average molecular weight is 413 g/mol. The van der Waals surface area contributed by atoms with Gasteiger partial charge in [-0.05, 0) is 42.5 Å². The lowest BCUT2D eigenvalue weighted by molar-refractivity contribution is 0.373. The van der Waals surface area contributed by atoms with Gasteiger partial charge < -0.3 is 20.6 Å². The zero-order chi connectivity index (χ0) is 20.1. The molecule has 3 N–H and O–H groups in total. The van der Waals surface area contributed by atoms with Crippen molar-refractivity contribution in [2.24, 2.45) is 0 Å². The van der Waals surface area contributed by atoms with Gasteiger partial charge in [-0.3, -0.25) is 0 Å². The van der Waals surface area contributed by atoms with Crippen LogP contribution in [-0.4, -0.2) is 17.3 Å². The zero-order valence-corrected chi connectivity index (χ0v) is 16.0. The van der Waals surface area contributed by atoms with Crippen molar-refractivity contribution < 1.29 is 9.47 Å². The maximum absolute atomic E-state index is 9.04. The molecule has 0 aliphatic rings. The first-order chi connectivity index (χ1) is 13.5. The van der Waals surface area contributed by atoms with Crippen LogP contribution in [-0.2, 0) is 0 Å². The van der Waals surface area contributed by atoms with Crippen LogP contribution in [0.1, 0.15) is 11.1 Å². The van der Waals surface area contributed by atoms with Crippen LogP contribution in [0.15, 0.2) is 54.7 Å². The number of nitrogens with two attached hydrogens (primary N) is 1. The molecule has 1 aromatic heterocycles. The number of nitrogens with one attached hydrogen (secondary N) is 1. The highest BCUT2D eigenvalue weighted by molar-refractivity contribution is 6.32. The van der Waals surface area contributed by atoms with Crippen LogP contribution in [0.2, 0.25) is 10.0 Å². The number of aromatic nitrogens is 1. The molecule has 0 atom stereocenters. The molecule has 0 radical (unpaired) electrons. The molecule has 3 rings (SSSR count). The van der Waals surface area contributed by atoms with Gasteiger partial charge in [-0.1, -0.05) is 23.2 Å². The van der Waals surface area contributed by atoms with Crippen LogP contribution in [0.5, 0.6) is 17.2 Å². The van der Waals surface area contributed by atoms with E-state index in [1.807, 2.05) is 6.07 Å². The van der Waals surface area contributed by atoms with Gasteiger partial charge in [0.2, 0.25) is 0 Å². The van der Waals surface area contributed by atoms with E-state index in [1.165, 1.54) is 6.07 Å². The molecule has 0 spiro atoms. The number of nitrogens with zero attached hydrogens (tertiary/aromatic N) is 2. The van der Waals surface area contributed by atoms with Crippen molar-refractivity contribution in [2.45, 2.75) is 0 Å². The minimum absolute atomic E-state index is 0.00723. The third-order valence-electron chi connectivity index (χ3n) is 3.68. The molecule has 3 aromatic rings. The Morgan fingerprint density at radius 2 is 1.96 bits per heavy atom. The third-order valence-corrected chi connectivity index (χ3v) is 4.21. The summed E-state index contributed by atoms with van der Waals surface area (Å²) >= 11 is 12.2. The number of nitriles is 1. The van der Waals surface area contributed by atoms with Gasteiger partial charge in [0.15, 0.2) is 0 Å². The zero-order valence-electron chi connectivity index (χ0n) is 14.4. The molecule has 0 fully saturated rings. The molecule has 0 saturated heterocycles. The fourth-order valence-corrected chi connectivity index (χ4v) is 2.75. The molecule has 140 valence electrons. The van der Waals surface area contributed by atoms with Crippen LogP contribution in [0, 0.1) is 16.7 Å². The van der Waals surface area contributed by atoms with Crippen molar-refractivity contribution >= 4 is 34.7 Å². The minimum Gasteiger partial charge on any atom is -0.487 e. The van der Waals surface area contributed by atoms with E-state index in [2.05, 4.69) is 4.98 Å². The number of pyridine rings is 1. The van der Waals surface area contributed by atoms with Crippen LogP contribution < -0.4 is 15.2 Å². The molecule has 0 saturated carbocycles. The normalized spacial score (nSPS) is 10.2. The molecule has 0 amide bonds. The molecule has 0 aliphatic heterocycles. The Hall–Kier alpha value is -3.27. The molecule has 6 nitrogen and oxygen atoms in total. The van der Waals surface area contributed by atoms with Crippen LogP contribution in [0.3, 0.4) is 0 Å². The molecular weight excluding hydrogens is 399 g/mol. The summed E-state index contributed by atoms with van der Waals surface area (Å²) in [4.78, 5) is 3.96. The molecule has 0 bridgehead atoms. The van der Waals surface area contributed by atoms with Gasteiger partial charge in [-0.2, -0.15) is 5.26 Å². The summed E-state index contributed by atoms with van der Waals surface area (Å²) in [5, 5.41) is 17.9. The Kier molecular flexibility index (Phi) is 5.99. The van der Waals surface area contributed by atoms with Crippen molar-refractivity contribution in [3.8, 4) is 23.3 Å². The Labute approximate surface area is 171 Å². The van der Waals surface area contributed by atoms with E-state index in [-0.39, 0.29) is 18.1 Å². The van der Waals surface area contributed by atoms with E-state index >= 15 is 0 Å². The van der Waals surface area contributed by atoms with Crippen molar-refractivity contribution in [3.63, 3.8) is 0 Å². The van der Waals surface area contributed by atoms with Gasteiger partial charge in [0.1, 0.15) is 29.7 Å². The lowest BCUT2D eigenvalue weighted by atomic mass is 10.1. The fraction of sp³-hybridized carbons (Fsp3) is 0.0500. The van der Waals surface area contributed by atoms with Crippen LogP contribution >= 0.6 is 23.2 Å². The highest BCUT2D eigenvalue weighted by atomic mass is 35.5. The predicted molar refractivity (Wildman–Crippen MR) is 109 cm³/mol. The van der Waals surface area contributed by atoms with Crippen LogP contribution in [0.25, 0.3) is 0 Å². The van der Waals surface area contributed by atoms with E-state index in [0.717, 1.165) is 0 Å². The van der Waals surface area contributed by atoms with Gasteiger partial charge in [0.05, 0.1) is 22.4 Å².